The predicted molar refractivity (Wildman–Crippen MR) is 108 cm³/mol. The molecular weight excluding hydrogens is 432 g/mol. The molecule has 24 heavy (non-hydrogen) atoms. The van der Waals surface area contributed by atoms with Gasteiger partial charge in [0, 0.05) is 0 Å². The Balaban J connectivity index is 2.21. The number of aliphatic hydroxyl groups is 2. The van der Waals surface area contributed by atoms with Crippen LogP contribution in [-0.2, 0) is 0 Å². The lowest BCUT2D eigenvalue weighted by Crippen LogP contribution is -2.24. The van der Waals surface area contributed by atoms with Gasteiger partial charge in [0.15, 0.2) is 0 Å². The summed E-state index contributed by atoms with van der Waals surface area (Å²) in [5, 5.41) is 20.2. The first-order chi connectivity index (χ1) is 11.0. The van der Waals surface area contributed by atoms with Crippen LogP contribution in [0.15, 0.2) is 48.5 Å². The van der Waals surface area contributed by atoms with Gasteiger partial charge in [-0.05, 0) is 49.9 Å². The molecule has 0 radical (unpaired) electrons. The van der Waals surface area contributed by atoms with Crippen LogP contribution in [0.2, 0.25) is 0 Å². The minimum Gasteiger partial charge on any atom is -0.389 e. The zero-order valence-corrected chi connectivity index (χ0v) is 17.6. The molecule has 2 atom stereocenters. The van der Waals surface area contributed by atoms with E-state index < -0.39 is 11.2 Å². The normalized spacial score (nSPS) is 15.2. The molecular formula is C20H24Br2O2. The van der Waals surface area contributed by atoms with Crippen molar-refractivity contribution in [3.05, 3.63) is 59.7 Å². The molecule has 0 saturated heterocycles. The number of alkyl halides is 2. The highest BCUT2D eigenvalue weighted by atomic mass is 79.9. The largest absolute Gasteiger partial charge is 0.389 e. The van der Waals surface area contributed by atoms with Gasteiger partial charge in [-0.2, -0.15) is 0 Å². The average molecular weight is 456 g/mol. The third-order valence-electron chi connectivity index (χ3n) is 3.98. The highest BCUT2D eigenvalue weighted by Gasteiger charge is 2.26. The van der Waals surface area contributed by atoms with Crippen LogP contribution in [-0.4, -0.2) is 21.4 Å². The maximum absolute atomic E-state index is 10.1. The minimum absolute atomic E-state index is 0.109. The quantitative estimate of drug-likeness (QED) is 0.562. The summed E-state index contributed by atoms with van der Waals surface area (Å²) in [4.78, 5) is -0.218. The van der Waals surface area contributed by atoms with Crippen molar-refractivity contribution in [1.82, 2.24) is 0 Å². The molecule has 2 N–H and O–H groups in total. The molecule has 2 nitrogen and oxygen atoms in total. The summed E-state index contributed by atoms with van der Waals surface area (Å²) in [6, 6.07) is 16.4. The summed E-state index contributed by atoms with van der Waals surface area (Å²) in [5.41, 5.74) is 2.71. The van der Waals surface area contributed by atoms with E-state index in [9.17, 15) is 10.2 Å². The summed E-state index contributed by atoms with van der Waals surface area (Å²) in [6.45, 7) is 7.16. The van der Waals surface area contributed by atoms with Crippen LogP contribution in [0.4, 0.5) is 0 Å². The SMILES string of the molecule is CC(C)(O)C(Br)c1ccc(-c2ccc(C(Br)C(C)(C)O)cc2)cc1. The van der Waals surface area contributed by atoms with Crippen molar-refractivity contribution in [3.63, 3.8) is 0 Å². The van der Waals surface area contributed by atoms with Gasteiger partial charge in [-0.25, -0.2) is 0 Å². The molecule has 2 rings (SSSR count). The van der Waals surface area contributed by atoms with E-state index in [1.54, 1.807) is 27.7 Å². The maximum Gasteiger partial charge on any atom is 0.0757 e. The fourth-order valence-corrected chi connectivity index (χ4v) is 3.12. The molecule has 0 spiro atoms. The van der Waals surface area contributed by atoms with Crippen molar-refractivity contribution in [1.29, 1.82) is 0 Å². The van der Waals surface area contributed by atoms with Gasteiger partial charge in [-0.1, -0.05) is 80.4 Å². The molecule has 0 saturated carbocycles. The van der Waals surface area contributed by atoms with Crippen LogP contribution >= 0.6 is 31.9 Å². The highest BCUT2D eigenvalue weighted by Crippen LogP contribution is 2.36. The lowest BCUT2D eigenvalue weighted by atomic mass is 9.94. The Morgan fingerprint density at radius 2 is 0.875 bits per heavy atom. The van der Waals surface area contributed by atoms with Crippen LogP contribution in [0.1, 0.15) is 48.5 Å². The van der Waals surface area contributed by atoms with Gasteiger partial charge in [0.05, 0.1) is 20.9 Å². The van der Waals surface area contributed by atoms with Gasteiger partial charge in [0.25, 0.3) is 0 Å². The van der Waals surface area contributed by atoms with E-state index in [1.165, 1.54) is 0 Å². The second-order valence-electron chi connectivity index (χ2n) is 7.28. The van der Waals surface area contributed by atoms with Crippen molar-refractivity contribution in [2.75, 3.05) is 0 Å². The van der Waals surface area contributed by atoms with Crippen molar-refractivity contribution in [2.24, 2.45) is 0 Å². The van der Waals surface area contributed by atoms with E-state index >= 15 is 0 Å². The Hall–Kier alpha value is -0.680. The van der Waals surface area contributed by atoms with Crippen LogP contribution in [0.5, 0.6) is 0 Å². The Morgan fingerprint density at radius 1 is 0.625 bits per heavy atom. The van der Waals surface area contributed by atoms with Crippen LogP contribution < -0.4 is 0 Å². The van der Waals surface area contributed by atoms with E-state index in [1.807, 2.05) is 24.3 Å². The number of rotatable bonds is 5. The topological polar surface area (TPSA) is 40.5 Å². The van der Waals surface area contributed by atoms with Crippen LogP contribution in [0, 0.1) is 0 Å². The maximum atomic E-state index is 10.1. The van der Waals surface area contributed by atoms with E-state index in [0.717, 1.165) is 22.3 Å². The Kier molecular flexibility index (Phi) is 5.96. The van der Waals surface area contributed by atoms with E-state index in [4.69, 9.17) is 0 Å². The smallest absolute Gasteiger partial charge is 0.0757 e. The lowest BCUT2D eigenvalue weighted by molar-refractivity contribution is 0.0790. The third kappa shape index (κ3) is 4.69. The number of hydrogen-bond donors (Lipinski definition) is 2. The van der Waals surface area contributed by atoms with Gasteiger partial charge >= 0.3 is 0 Å². The summed E-state index contributed by atoms with van der Waals surface area (Å²) in [7, 11) is 0. The fraction of sp³-hybridized carbons (Fsp3) is 0.400. The van der Waals surface area contributed by atoms with Gasteiger partial charge in [0.1, 0.15) is 0 Å². The molecule has 2 aromatic carbocycles. The highest BCUT2D eigenvalue weighted by molar-refractivity contribution is 9.09. The van der Waals surface area contributed by atoms with Gasteiger partial charge in [-0.15, -0.1) is 0 Å². The van der Waals surface area contributed by atoms with Crippen molar-refractivity contribution < 1.29 is 10.2 Å². The molecule has 0 aromatic heterocycles. The Labute approximate surface area is 161 Å². The molecule has 0 amide bonds. The number of hydrogen-bond acceptors (Lipinski definition) is 2. The third-order valence-corrected chi connectivity index (χ3v) is 7.28. The Morgan fingerprint density at radius 3 is 1.08 bits per heavy atom. The first kappa shape index (κ1) is 19.6. The van der Waals surface area contributed by atoms with Crippen molar-refractivity contribution >= 4 is 31.9 Å². The zero-order valence-electron chi connectivity index (χ0n) is 14.4. The first-order valence-electron chi connectivity index (χ1n) is 7.93. The molecule has 0 aliphatic carbocycles. The van der Waals surface area contributed by atoms with Crippen molar-refractivity contribution in [3.8, 4) is 11.1 Å². The van der Waals surface area contributed by atoms with Gasteiger partial charge in [-0.3, -0.25) is 0 Å². The molecule has 0 aliphatic heterocycles. The second kappa shape index (κ2) is 7.28. The molecule has 2 aromatic rings. The fourth-order valence-electron chi connectivity index (χ4n) is 2.50. The van der Waals surface area contributed by atoms with Gasteiger partial charge < -0.3 is 10.2 Å². The molecule has 2 unspecified atom stereocenters. The predicted octanol–water partition coefficient (Wildman–Crippen LogP) is 5.77. The van der Waals surface area contributed by atoms with Crippen LogP contribution in [0.25, 0.3) is 11.1 Å². The molecule has 4 heteroatoms. The first-order valence-corrected chi connectivity index (χ1v) is 9.76. The lowest BCUT2D eigenvalue weighted by Gasteiger charge is -2.25. The van der Waals surface area contributed by atoms with Crippen molar-refractivity contribution in [2.45, 2.75) is 48.6 Å². The van der Waals surface area contributed by atoms with Crippen LogP contribution in [0.3, 0.4) is 0 Å². The minimum atomic E-state index is -0.814. The summed E-state index contributed by atoms with van der Waals surface area (Å²) >= 11 is 7.10. The molecule has 0 bridgehead atoms. The molecule has 130 valence electrons. The van der Waals surface area contributed by atoms with E-state index in [-0.39, 0.29) is 9.65 Å². The average Bonchev–Trinajstić information content (AvgIpc) is 2.52. The summed E-state index contributed by atoms with van der Waals surface area (Å²) in [5.74, 6) is 0. The Bertz CT molecular complexity index is 603. The number of halogens is 2. The second-order valence-corrected chi connectivity index (χ2v) is 9.11. The van der Waals surface area contributed by atoms with E-state index in [2.05, 4.69) is 56.1 Å². The monoisotopic (exact) mass is 454 g/mol. The molecule has 0 fully saturated rings. The zero-order chi connectivity index (χ0) is 18.1. The van der Waals surface area contributed by atoms with E-state index in [0.29, 0.717) is 0 Å². The summed E-state index contributed by atoms with van der Waals surface area (Å²) in [6.07, 6.45) is 0. The molecule has 0 aliphatic rings. The standard InChI is InChI=1S/C20H24Br2O2/c1-19(2,23)17(21)15-9-5-13(6-10-15)14-7-11-16(12-8-14)18(22)20(3,4)24/h5-12,17-18,23-24H,1-4H3. The number of benzene rings is 2. The van der Waals surface area contributed by atoms with Gasteiger partial charge in [0.2, 0.25) is 0 Å². The summed E-state index contributed by atoms with van der Waals surface area (Å²) < 4.78 is 0. The molecule has 0 heterocycles.